The number of anilines is 1. The lowest BCUT2D eigenvalue weighted by Gasteiger charge is -2.30. The second-order valence-corrected chi connectivity index (χ2v) is 8.15. The van der Waals surface area contributed by atoms with E-state index in [0.717, 1.165) is 17.5 Å². The van der Waals surface area contributed by atoms with Crippen molar-refractivity contribution in [3.63, 3.8) is 0 Å². The van der Waals surface area contributed by atoms with Gasteiger partial charge in [0.15, 0.2) is 6.04 Å². The van der Waals surface area contributed by atoms with E-state index in [-0.39, 0.29) is 18.4 Å². The maximum atomic E-state index is 13.9. The molecule has 0 aliphatic carbocycles. The molecule has 1 unspecified atom stereocenters. The van der Waals surface area contributed by atoms with Crippen molar-refractivity contribution in [3.8, 4) is 0 Å². The summed E-state index contributed by atoms with van der Waals surface area (Å²) in [6.07, 6.45) is 0.859. The molecular formula is C26H29N5O4. The number of methoxy groups -OCH3 is 1. The molecule has 0 fully saturated rings. The number of fused-ring (bicyclic) bond motifs is 1. The van der Waals surface area contributed by atoms with E-state index in [2.05, 4.69) is 22.6 Å². The van der Waals surface area contributed by atoms with Gasteiger partial charge in [0.05, 0.1) is 12.1 Å². The Balaban J connectivity index is 1.75. The number of furan rings is 1. The van der Waals surface area contributed by atoms with Crippen LogP contribution in [0.25, 0.3) is 11.0 Å². The zero-order valence-electron chi connectivity index (χ0n) is 20.1. The van der Waals surface area contributed by atoms with Crippen molar-refractivity contribution in [1.82, 2.24) is 20.3 Å². The Bertz CT molecular complexity index is 1290. The van der Waals surface area contributed by atoms with E-state index >= 15 is 0 Å². The number of carbonyl (C=O) groups is 2. The van der Waals surface area contributed by atoms with Crippen LogP contribution in [-0.4, -0.2) is 47.1 Å². The van der Waals surface area contributed by atoms with E-state index < -0.39 is 6.04 Å². The third-order valence-electron chi connectivity index (χ3n) is 5.74. The van der Waals surface area contributed by atoms with Crippen LogP contribution >= 0.6 is 0 Å². The van der Waals surface area contributed by atoms with Gasteiger partial charge in [0.2, 0.25) is 5.91 Å². The first-order valence-corrected chi connectivity index (χ1v) is 11.5. The van der Waals surface area contributed by atoms with Gasteiger partial charge in [-0.15, -0.1) is 5.10 Å². The lowest BCUT2D eigenvalue weighted by atomic mass is 10.1. The van der Waals surface area contributed by atoms with Crippen LogP contribution in [0.5, 0.6) is 0 Å². The minimum absolute atomic E-state index is 0.0996. The molecule has 1 atom stereocenters. The molecular weight excluding hydrogens is 446 g/mol. The van der Waals surface area contributed by atoms with Crippen LogP contribution in [-0.2, 0) is 27.3 Å². The zero-order chi connectivity index (χ0) is 24.8. The van der Waals surface area contributed by atoms with Crippen LogP contribution in [0.15, 0.2) is 65.1 Å². The summed E-state index contributed by atoms with van der Waals surface area (Å²) in [5, 5.41) is 11.2. The molecule has 0 aliphatic heterocycles. The molecule has 0 radical (unpaired) electrons. The first kappa shape index (κ1) is 24.2. The molecule has 2 aromatic heterocycles. The molecule has 2 aromatic carbocycles. The molecule has 4 rings (SSSR count). The third-order valence-corrected chi connectivity index (χ3v) is 5.74. The minimum atomic E-state index is -1.02. The highest BCUT2D eigenvalue weighted by Crippen LogP contribution is 2.30. The smallest absolute Gasteiger partial charge is 0.251 e. The monoisotopic (exact) mass is 475 g/mol. The van der Waals surface area contributed by atoms with E-state index in [0.29, 0.717) is 35.9 Å². The predicted molar refractivity (Wildman–Crippen MR) is 132 cm³/mol. The van der Waals surface area contributed by atoms with Gasteiger partial charge in [0.25, 0.3) is 5.91 Å². The summed E-state index contributed by atoms with van der Waals surface area (Å²) in [7, 11) is 1.56. The van der Waals surface area contributed by atoms with E-state index in [1.165, 1.54) is 4.90 Å². The summed E-state index contributed by atoms with van der Waals surface area (Å²) in [4.78, 5) is 28.8. The van der Waals surface area contributed by atoms with Crippen molar-refractivity contribution in [1.29, 1.82) is 0 Å². The Morgan fingerprint density at radius 3 is 2.57 bits per heavy atom. The highest BCUT2D eigenvalue weighted by molar-refractivity contribution is 6.01. The summed E-state index contributed by atoms with van der Waals surface area (Å²) >= 11 is 0. The lowest BCUT2D eigenvalue weighted by Crippen LogP contribution is -2.45. The Labute approximate surface area is 203 Å². The number of hydrogen-bond donors (Lipinski definition) is 1. The molecule has 2 amide bonds. The Hall–Kier alpha value is -3.98. The van der Waals surface area contributed by atoms with E-state index in [4.69, 9.17) is 9.15 Å². The van der Waals surface area contributed by atoms with Gasteiger partial charge in [-0.1, -0.05) is 36.4 Å². The second kappa shape index (κ2) is 11.0. The Morgan fingerprint density at radius 1 is 1.11 bits per heavy atom. The normalized spacial score (nSPS) is 12.0. The van der Waals surface area contributed by atoms with Crippen molar-refractivity contribution in [2.75, 3.05) is 25.2 Å². The fourth-order valence-electron chi connectivity index (χ4n) is 3.91. The van der Waals surface area contributed by atoms with E-state index in [9.17, 15) is 9.59 Å². The van der Waals surface area contributed by atoms with Crippen molar-refractivity contribution in [2.24, 2.45) is 0 Å². The second-order valence-electron chi connectivity index (χ2n) is 8.15. The van der Waals surface area contributed by atoms with Crippen molar-refractivity contribution in [3.05, 3.63) is 77.7 Å². The number of ether oxygens (including phenoxy) is 1. The molecule has 2 heterocycles. The number of nitrogens with one attached hydrogen (secondary N) is 1. The molecule has 9 nitrogen and oxygen atoms in total. The largest absolute Gasteiger partial charge is 0.464 e. The quantitative estimate of drug-likeness (QED) is 0.353. The molecule has 1 N–H and O–H groups in total. The summed E-state index contributed by atoms with van der Waals surface area (Å²) < 4.78 is 12.5. The van der Waals surface area contributed by atoms with Crippen LogP contribution in [0.4, 0.5) is 5.69 Å². The van der Waals surface area contributed by atoms with Crippen LogP contribution in [0, 0.1) is 6.92 Å². The number of amides is 2. The summed E-state index contributed by atoms with van der Waals surface area (Å²) in [5.41, 5.74) is 3.13. The summed E-state index contributed by atoms with van der Waals surface area (Å²) in [6, 6.07) is 17.5. The Morgan fingerprint density at radius 2 is 1.89 bits per heavy atom. The lowest BCUT2D eigenvalue weighted by molar-refractivity contribution is -0.127. The highest BCUT2D eigenvalue weighted by atomic mass is 16.5. The van der Waals surface area contributed by atoms with Gasteiger partial charge in [0, 0.05) is 19.3 Å². The first-order valence-electron chi connectivity index (χ1n) is 11.5. The average Bonchev–Trinajstić information content (AvgIpc) is 3.48. The average molecular weight is 476 g/mol. The van der Waals surface area contributed by atoms with Crippen LogP contribution in [0.1, 0.15) is 30.0 Å². The standard InChI is InChI=1S/C26H29N5O4/c1-4-19-10-12-20(13-11-19)31(24(32)17-30-22-8-6-5-7-21(22)28-29-30)25(23-14-9-18(2)35-23)26(33)27-15-16-34-3/h5-14,25H,4,15-17H2,1-3H3,(H,27,33). The Kier molecular flexibility index (Phi) is 7.57. The molecule has 0 spiro atoms. The number of nitrogens with zero attached hydrogens (tertiary/aromatic N) is 4. The number of hydrogen-bond acceptors (Lipinski definition) is 6. The zero-order valence-corrected chi connectivity index (χ0v) is 20.1. The van der Waals surface area contributed by atoms with Gasteiger partial charge in [-0.3, -0.25) is 14.5 Å². The maximum absolute atomic E-state index is 13.9. The highest BCUT2D eigenvalue weighted by Gasteiger charge is 2.35. The predicted octanol–water partition coefficient (Wildman–Crippen LogP) is 3.43. The molecule has 0 aliphatic rings. The summed E-state index contributed by atoms with van der Waals surface area (Å²) in [6.45, 7) is 4.41. The third kappa shape index (κ3) is 5.41. The van der Waals surface area contributed by atoms with Crippen LogP contribution in [0.3, 0.4) is 0 Å². The number of benzene rings is 2. The van der Waals surface area contributed by atoms with Gasteiger partial charge in [-0.25, -0.2) is 4.68 Å². The van der Waals surface area contributed by atoms with Crippen molar-refractivity contribution in [2.45, 2.75) is 32.9 Å². The van der Waals surface area contributed by atoms with E-state index in [1.807, 2.05) is 48.5 Å². The molecule has 4 aromatic rings. The number of rotatable bonds is 10. The molecule has 0 bridgehead atoms. The fourth-order valence-corrected chi connectivity index (χ4v) is 3.91. The summed E-state index contributed by atoms with van der Waals surface area (Å²) in [5.74, 6) is 0.318. The number of aryl methyl sites for hydroxylation is 2. The topological polar surface area (TPSA) is 102 Å². The minimum Gasteiger partial charge on any atom is -0.464 e. The van der Waals surface area contributed by atoms with Crippen LogP contribution in [0.2, 0.25) is 0 Å². The molecule has 0 saturated heterocycles. The van der Waals surface area contributed by atoms with Gasteiger partial charge < -0.3 is 14.5 Å². The van der Waals surface area contributed by atoms with Gasteiger partial charge in [-0.2, -0.15) is 0 Å². The molecule has 9 heteroatoms. The van der Waals surface area contributed by atoms with Crippen LogP contribution < -0.4 is 10.2 Å². The molecule has 0 saturated carbocycles. The van der Waals surface area contributed by atoms with Crippen molar-refractivity contribution < 1.29 is 18.7 Å². The number of para-hydroxylation sites is 1. The fraction of sp³-hybridized carbons (Fsp3) is 0.308. The number of carbonyl (C=O) groups excluding carboxylic acids is 2. The van der Waals surface area contributed by atoms with Crippen molar-refractivity contribution >= 4 is 28.5 Å². The maximum Gasteiger partial charge on any atom is 0.251 e. The van der Waals surface area contributed by atoms with Gasteiger partial charge in [0.1, 0.15) is 23.6 Å². The van der Waals surface area contributed by atoms with E-state index in [1.54, 1.807) is 30.8 Å². The number of aromatic nitrogens is 3. The van der Waals surface area contributed by atoms with Gasteiger partial charge in [-0.05, 0) is 55.3 Å². The van der Waals surface area contributed by atoms with Gasteiger partial charge >= 0.3 is 0 Å². The SMILES string of the molecule is CCc1ccc(N(C(=O)Cn2nnc3ccccc32)C(C(=O)NCCOC)c2ccc(C)o2)cc1. The molecule has 35 heavy (non-hydrogen) atoms. The molecule has 182 valence electrons. The first-order chi connectivity index (χ1) is 17.0.